The van der Waals surface area contributed by atoms with Crippen molar-refractivity contribution < 1.29 is 85.6 Å². The van der Waals surface area contributed by atoms with Gasteiger partial charge in [-0.2, -0.15) is 0 Å². The van der Waals surface area contributed by atoms with E-state index in [-0.39, 0.29) is 88.0 Å². The zero-order valence-corrected chi connectivity index (χ0v) is 17.9. The Morgan fingerprint density at radius 2 is 1.75 bits per heavy atom. The molecule has 1 amide bonds. The van der Waals surface area contributed by atoms with Gasteiger partial charge in [-0.15, -0.1) is 0 Å². The number of unbranched alkanes of at least 4 members (excludes halogenated alkanes) is 3. The van der Waals surface area contributed by atoms with Crippen LogP contribution in [0.2, 0.25) is 0 Å². The molecule has 0 spiro atoms. The molecule has 9 heteroatoms. The van der Waals surface area contributed by atoms with Gasteiger partial charge in [0.1, 0.15) is 13.1 Å². The van der Waals surface area contributed by atoms with Gasteiger partial charge >= 0.3 is 57.4 Å². The number of hydrogen-bond acceptors (Lipinski definition) is 5. The number of nitrogens with one attached hydrogen (secondary N) is 1. The fourth-order valence-electron chi connectivity index (χ4n) is 2.49. The molecule has 0 heterocycles. The second-order valence-corrected chi connectivity index (χ2v) is 5.76. The van der Waals surface area contributed by atoms with Crippen LogP contribution in [0.5, 0.6) is 0 Å². The maximum absolute atomic E-state index is 11.7. The maximum Gasteiger partial charge on any atom is 1.00 e. The second-order valence-electron chi connectivity index (χ2n) is 5.76. The quantitative estimate of drug-likeness (QED) is 0.161. The van der Waals surface area contributed by atoms with Crippen LogP contribution in [0.15, 0.2) is 0 Å². The van der Waals surface area contributed by atoms with Gasteiger partial charge in [-0.3, -0.25) is 4.79 Å². The summed E-state index contributed by atoms with van der Waals surface area (Å²) in [6, 6.07) is 0. The molecule has 0 saturated heterocycles. The Bertz CT molecular complexity index is 376. The van der Waals surface area contributed by atoms with Crippen LogP contribution in [0.4, 0.5) is 0 Å². The number of quaternary nitrogens is 1. The Labute approximate surface area is 185 Å². The van der Waals surface area contributed by atoms with Crippen molar-refractivity contribution in [3.05, 3.63) is 0 Å². The number of rotatable bonds is 14. The van der Waals surface area contributed by atoms with Crippen molar-refractivity contribution in [2.75, 3.05) is 39.3 Å². The number of nitrogens with zero attached hydrogens (tertiary/aromatic N) is 1. The molecule has 1 atom stereocenters. The van der Waals surface area contributed by atoms with Crippen molar-refractivity contribution in [1.29, 1.82) is 0 Å². The molecule has 0 saturated carbocycles. The molecule has 0 aromatic heterocycles. The van der Waals surface area contributed by atoms with Crippen LogP contribution < -0.4 is 61.8 Å². The zero-order valence-electron chi connectivity index (χ0n) is 14.8. The molecular formula is C15H28KN2O6+. The molecule has 0 fully saturated rings. The van der Waals surface area contributed by atoms with Gasteiger partial charge in [0.2, 0.25) is 5.91 Å². The Hall–Kier alpha value is -0.0336. The SMILES string of the molecule is CCCCCCC(=O)NCC[N+](CCO)(CC(=O)[O-])CC(=O)O.[K+]. The van der Waals surface area contributed by atoms with Gasteiger partial charge in [0.05, 0.1) is 25.7 Å². The summed E-state index contributed by atoms with van der Waals surface area (Å²) in [4.78, 5) is 33.5. The normalized spacial score (nSPS) is 12.8. The van der Waals surface area contributed by atoms with Crippen LogP contribution in [-0.2, 0) is 14.4 Å². The van der Waals surface area contributed by atoms with E-state index in [1.165, 1.54) is 0 Å². The third-order valence-electron chi connectivity index (χ3n) is 3.68. The van der Waals surface area contributed by atoms with Gasteiger partial charge in [-0.1, -0.05) is 26.2 Å². The van der Waals surface area contributed by atoms with E-state index < -0.39 is 25.0 Å². The molecule has 0 aromatic carbocycles. The smallest absolute Gasteiger partial charge is 0.544 e. The maximum atomic E-state index is 11.7. The predicted octanol–water partition coefficient (Wildman–Crippen LogP) is -4.28. The van der Waals surface area contributed by atoms with E-state index >= 15 is 0 Å². The minimum Gasteiger partial charge on any atom is -0.544 e. The summed E-state index contributed by atoms with van der Waals surface area (Å²) < 4.78 is -0.357. The average molecular weight is 371 g/mol. The Morgan fingerprint density at radius 3 is 2.25 bits per heavy atom. The molecule has 1 unspecified atom stereocenters. The van der Waals surface area contributed by atoms with Crippen LogP contribution in [0, 0.1) is 0 Å². The molecule has 0 rings (SSSR count). The fraction of sp³-hybridized carbons (Fsp3) is 0.800. The number of aliphatic hydroxyl groups excluding tert-OH is 1. The molecule has 0 aliphatic carbocycles. The average Bonchev–Trinajstić information content (AvgIpc) is 2.42. The second kappa shape index (κ2) is 15.2. The van der Waals surface area contributed by atoms with Gasteiger partial charge in [0, 0.05) is 6.42 Å². The van der Waals surface area contributed by atoms with E-state index in [0.29, 0.717) is 6.42 Å². The van der Waals surface area contributed by atoms with Gasteiger partial charge in [0.25, 0.3) is 0 Å². The van der Waals surface area contributed by atoms with Crippen molar-refractivity contribution in [1.82, 2.24) is 5.32 Å². The van der Waals surface area contributed by atoms with Crippen molar-refractivity contribution >= 4 is 17.8 Å². The number of carbonyl (C=O) groups excluding carboxylic acids is 2. The van der Waals surface area contributed by atoms with E-state index in [2.05, 4.69) is 12.2 Å². The Morgan fingerprint density at radius 1 is 1.08 bits per heavy atom. The summed E-state index contributed by atoms with van der Waals surface area (Å²) in [5, 5.41) is 31.6. The van der Waals surface area contributed by atoms with Gasteiger partial charge in [-0.25, -0.2) is 4.79 Å². The minimum atomic E-state index is -1.38. The van der Waals surface area contributed by atoms with E-state index in [1.54, 1.807) is 0 Å². The standard InChI is InChI=1S/C15H28N2O6.K/c1-2-3-4-5-6-13(19)16-7-8-17(9-10-18,11-14(20)21)12-15(22)23;/h18H,2-12H2,1H3,(H2-,16,19,20,21,22,23);/q;+1. The monoisotopic (exact) mass is 371 g/mol. The number of aliphatic hydroxyl groups is 1. The third kappa shape index (κ3) is 13.3. The van der Waals surface area contributed by atoms with Crippen LogP contribution in [0.3, 0.4) is 0 Å². The molecule has 134 valence electrons. The summed E-state index contributed by atoms with van der Waals surface area (Å²) in [6.07, 6.45) is 4.34. The zero-order chi connectivity index (χ0) is 17.7. The molecule has 8 nitrogen and oxygen atoms in total. The summed E-state index contributed by atoms with van der Waals surface area (Å²) in [5.74, 6) is -2.68. The van der Waals surface area contributed by atoms with Gasteiger partial charge in [-0.05, 0) is 6.42 Å². The van der Waals surface area contributed by atoms with Crippen molar-refractivity contribution in [3.63, 3.8) is 0 Å². The van der Waals surface area contributed by atoms with Crippen molar-refractivity contribution in [3.8, 4) is 0 Å². The number of carbonyl (C=O) groups is 3. The number of hydrogen-bond donors (Lipinski definition) is 3. The van der Waals surface area contributed by atoms with Gasteiger partial charge < -0.3 is 29.9 Å². The number of amides is 1. The molecular weight excluding hydrogens is 343 g/mol. The topological polar surface area (TPSA) is 127 Å². The Kier molecular flexibility index (Phi) is 16.6. The van der Waals surface area contributed by atoms with Crippen molar-refractivity contribution in [2.24, 2.45) is 0 Å². The Balaban J connectivity index is 0. The third-order valence-corrected chi connectivity index (χ3v) is 3.68. The van der Waals surface area contributed by atoms with E-state index in [9.17, 15) is 19.5 Å². The first-order chi connectivity index (χ1) is 10.8. The molecule has 0 radical (unpaired) electrons. The first-order valence-corrected chi connectivity index (χ1v) is 7.99. The number of carboxylic acid groups (broad SMARTS) is 2. The number of aliphatic carboxylic acids is 2. The van der Waals surface area contributed by atoms with Crippen LogP contribution >= 0.6 is 0 Å². The molecule has 0 aliphatic rings. The first-order valence-electron chi connectivity index (χ1n) is 7.99. The van der Waals surface area contributed by atoms with Gasteiger partial charge in [0.15, 0.2) is 6.54 Å². The van der Waals surface area contributed by atoms with Crippen molar-refractivity contribution in [2.45, 2.75) is 39.0 Å². The van der Waals surface area contributed by atoms with E-state index in [4.69, 9.17) is 10.2 Å². The molecule has 3 N–H and O–H groups in total. The van der Waals surface area contributed by atoms with Crippen LogP contribution in [0.1, 0.15) is 39.0 Å². The molecule has 24 heavy (non-hydrogen) atoms. The number of carboxylic acids is 2. The minimum absolute atomic E-state index is 0. The summed E-state index contributed by atoms with van der Waals surface area (Å²) in [7, 11) is 0. The summed E-state index contributed by atoms with van der Waals surface area (Å²) in [5.41, 5.74) is 0. The summed E-state index contributed by atoms with van der Waals surface area (Å²) in [6.45, 7) is 1.03. The molecule has 0 aliphatic heterocycles. The fourth-order valence-corrected chi connectivity index (χ4v) is 2.49. The van der Waals surface area contributed by atoms with E-state index in [1.807, 2.05) is 0 Å². The van der Waals surface area contributed by atoms with Crippen LogP contribution in [0.25, 0.3) is 0 Å². The van der Waals surface area contributed by atoms with Crippen LogP contribution in [-0.4, -0.2) is 71.9 Å². The summed E-state index contributed by atoms with van der Waals surface area (Å²) >= 11 is 0. The van der Waals surface area contributed by atoms with E-state index in [0.717, 1.165) is 25.7 Å². The first kappa shape index (κ1) is 26.2. The molecule has 0 aromatic rings. The largest absolute Gasteiger partial charge is 1.00 e. The predicted molar refractivity (Wildman–Crippen MR) is 81.2 cm³/mol. The molecule has 0 bridgehead atoms.